The van der Waals surface area contributed by atoms with Crippen LogP contribution in [0.4, 0.5) is 11.4 Å². The number of fused-ring (bicyclic) bond motifs is 1. The van der Waals surface area contributed by atoms with E-state index < -0.39 is 21.0 Å². The Hall–Kier alpha value is -2.03. The molecule has 0 unspecified atom stereocenters. The quantitative estimate of drug-likeness (QED) is 0.706. The van der Waals surface area contributed by atoms with Gasteiger partial charge in [0.2, 0.25) is 11.8 Å². The summed E-state index contributed by atoms with van der Waals surface area (Å²) in [6.45, 7) is 3.33. The van der Waals surface area contributed by atoms with E-state index in [1.54, 1.807) is 24.3 Å². The highest BCUT2D eigenvalue weighted by atomic mass is 35.5. The van der Waals surface area contributed by atoms with Crippen LogP contribution in [-0.2, 0) is 19.4 Å². The summed E-state index contributed by atoms with van der Waals surface area (Å²) >= 11 is 7.46. The van der Waals surface area contributed by atoms with E-state index in [0.29, 0.717) is 28.6 Å². The lowest BCUT2D eigenvalue weighted by molar-refractivity contribution is -0.116. The summed E-state index contributed by atoms with van der Waals surface area (Å²) in [5, 5.41) is 5.01. The Balaban J connectivity index is 1.76. The largest absolute Gasteiger partial charge is 0.326 e. The molecule has 2 aromatic carbocycles. The Morgan fingerprint density at radius 1 is 1.28 bits per heavy atom. The van der Waals surface area contributed by atoms with Crippen LogP contribution >= 0.6 is 23.4 Å². The minimum atomic E-state index is -3.75. The fraction of sp³-hybridized carbons (Fsp3) is 0.300. The highest BCUT2D eigenvalue weighted by Gasteiger charge is 2.27. The number of hydrogen-bond acceptors (Lipinski definition) is 5. The first-order chi connectivity index (χ1) is 13.7. The zero-order valence-corrected chi connectivity index (χ0v) is 18.4. The molecule has 3 rings (SSSR count). The van der Waals surface area contributed by atoms with Crippen LogP contribution in [-0.4, -0.2) is 31.2 Å². The normalized spacial score (nSPS) is 15.1. The second-order valence-corrected chi connectivity index (χ2v) is 10.8. The van der Waals surface area contributed by atoms with Crippen molar-refractivity contribution in [2.24, 2.45) is 0 Å². The number of nitrogens with one attached hydrogen (secondary N) is 2. The Morgan fingerprint density at radius 2 is 2.03 bits per heavy atom. The van der Waals surface area contributed by atoms with Crippen molar-refractivity contribution in [3.05, 3.63) is 47.0 Å². The van der Waals surface area contributed by atoms with Crippen LogP contribution in [0, 0.1) is 6.92 Å². The van der Waals surface area contributed by atoms with E-state index in [-0.39, 0.29) is 17.2 Å². The molecule has 1 atom stereocenters. The second-order valence-electron chi connectivity index (χ2n) is 6.87. The molecule has 1 heterocycles. The lowest BCUT2D eigenvalue weighted by Gasteiger charge is -2.15. The molecule has 2 aromatic rings. The molecule has 2 amide bonds. The van der Waals surface area contributed by atoms with E-state index in [9.17, 15) is 18.0 Å². The first-order valence-electron chi connectivity index (χ1n) is 9.03. The van der Waals surface area contributed by atoms with Gasteiger partial charge in [-0.25, -0.2) is 8.42 Å². The van der Waals surface area contributed by atoms with Crippen molar-refractivity contribution >= 4 is 56.4 Å². The molecule has 29 heavy (non-hydrogen) atoms. The maximum atomic E-state index is 13.0. The van der Waals surface area contributed by atoms with E-state index >= 15 is 0 Å². The van der Waals surface area contributed by atoms with Crippen molar-refractivity contribution in [2.75, 3.05) is 16.4 Å². The van der Waals surface area contributed by atoms with Crippen molar-refractivity contribution in [3.8, 4) is 0 Å². The predicted octanol–water partition coefficient (Wildman–Crippen LogP) is 4.27. The first kappa shape index (κ1) is 21.7. The SMILES string of the molecule is Cc1ccc(Cl)cc1NC(=O)C[C@@H](C)S(=O)(=O)c1ccc2c(c1)NC(=O)CCS2. The van der Waals surface area contributed by atoms with E-state index in [4.69, 9.17) is 11.6 Å². The summed E-state index contributed by atoms with van der Waals surface area (Å²) in [6, 6.07) is 9.81. The van der Waals surface area contributed by atoms with Crippen LogP contribution in [0.25, 0.3) is 0 Å². The van der Waals surface area contributed by atoms with Gasteiger partial charge in [-0.3, -0.25) is 9.59 Å². The molecule has 0 saturated carbocycles. The second kappa shape index (κ2) is 8.77. The van der Waals surface area contributed by atoms with Gasteiger partial charge in [0.25, 0.3) is 0 Å². The third-order valence-electron chi connectivity index (χ3n) is 4.62. The lowest BCUT2D eigenvalue weighted by Crippen LogP contribution is -2.25. The number of amides is 2. The lowest BCUT2D eigenvalue weighted by atomic mass is 10.2. The molecule has 0 spiro atoms. The molecule has 0 aliphatic carbocycles. The third kappa shape index (κ3) is 5.12. The molecule has 1 aliphatic heterocycles. The molecule has 154 valence electrons. The molecule has 1 aliphatic rings. The summed E-state index contributed by atoms with van der Waals surface area (Å²) < 4.78 is 25.9. The maximum absolute atomic E-state index is 13.0. The Kier molecular flexibility index (Phi) is 6.55. The standard InChI is InChI=1S/C20H21ClN2O4S2/c1-12-3-4-14(21)10-16(12)22-20(25)9-13(2)29(26,27)15-5-6-18-17(11-15)23-19(24)7-8-28-18/h3-6,10-11,13H,7-9H2,1-2H3,(H,22,25)(H,23,24)/t13-/m1/s1. The Bertz CT molecular complexity index is 1070. The minimum absolute atomic E-state index is 0.0817. The average molecular weight is 453 g/mol. The van der Waals surface area contributed by atoms with Crippen molar-refractivity contribution in [1.29, 1.82) is 0 Å². The molecule has 0 aromatic heterocycles. The van der Waals surface area contributed by atoms with Gasteiger partial charge in [-0.05, 0) is 49.7 Å². The molecular weight excluding hydrogens is 432 g/mol. The predicted molar refractivity (Wildman–Crippen MR) is 116 cm³/mol. The van der Waals surface area contributed by atoms with Crippen molar-refractivity contribution < 1.29 is 18.0 Å². The number of carbonyl (C=O) groups excluding carboxylic acids is 2. The molecule has 0 bridgehead atoms. The van der Waals surface area contributed by atoms with Gasteiger partial charge in [0.15, 0.2) is 9.84 Å². The van der Waals surface area contributed by atoms with Crippen molar-refractivity contribution in [3.63, 3.8) is 0 Å². The number of sulfone groups is 1. The van der Waals surface area contributed by atoms with Gasteiger partial charge in [-0.1, -0.05) is 17.7 Å². The molecule has 0 radical (unpaired) electrons. The smallest absolute Gasteiger partial charge is 0.225 e. The number of hydrogen-bond donors (Lipinski definition) is 2. The Labute approximate surface area is 179 Å². The number of aryl methyl sites for hydroxylation is 1. The van der Waals surface area contributed by atoms with E-state index in [0.717, 1.165) is 10.5 Å². The molecule has 0 fully saturated rings. The van der Waals surface area contributed by atoms with Gasteiger partial charge in [0.1, 0.15) is 0 Å². The molecular formula is C20H21ClN2O4S2. The third-order valence-corrected chi connectivity index (χ3v) is 8.06. The van der Waals surface area contributed by atoms with Gasteiger partial charge in [-0.2, -0.15) is 0 Å². The van der Waals surface area contributed by atoms with Crippen molar-refractivity contribution in [1.82, 2.24) is 0 Å². The van der Waals surface area contributed by atoms with Gasteiger partial charge in [0.05, 0.1) is 15.8 Å². The monoisotopic (exact) mass is 452 g/mol. The van der Waals surface area contributed by atoms with Gasteiger partial charge >= 0.3 is 0 Å². The summed E-state index contributed by atoms with van der Waals surface area (Å²) in [7, 11) is -3.75. The summed E-state index contributed by atoms with van der Waals surface area (Å²) in [5.41, 5.74) is 1.87. The highest BCUT2D eigenvalue weighted by molar-refractivity contribution is 7.99. The zero-order chi connectivity index (χ0) is 21.2. The summed E-state index contributed by atoms with van der Waals surface area (Å²) in [4.78, 5) is 25.1. The highest BCUT2D eigenvalue weighted by Crippen LogP contribution is 2.33. The summed E-state index contributed by atoms with van der Waals surface area (Å²) in [5.74, 6) is 0.0879. The maximum Gasteiger partial charge on any atom is 0.225 e. The van der Waals surface area contributed by atoms with Gasteiger partial charge < -0.3 is 10.6 Å². The number of anilines is 2. The Morgan fingerprint density at radius 3 is 2.79 bits per heavy atom. The number of thioether (sulfide) groups is 1. The van der Waals surface area contributed by atoms with Gasteiger partial charge in [-0.15, -0.1) is 11.8 Å². The topological polar surface area (TPSA) is 92.3 Å². The fourth-order valence-corrected chi connectivity index (χ4v) is 5.39. The number of benzene rings is 2. The van der Waals surface area contributed by atoms with Crippen LogP contribution in [0.3, 0.4) is 0 Å². The van der Waals surface area contributed by atoms with Crippen LogP contribution in [0.1, 0.15) is 25.3 Å². The van der Waals surface area contributed by atoms with E-state index in [2.05, 4.69) is 10.6 Å². The van der Waals surface area contributed by atoms with Crippen LogP contribution in [0.5, 0.6) is 0 Å². The van der Waals surface area contributed by atoms with E-state index in [1.165, 1.54) is 30.8 Å². The first-order valence-corrected chi connectivity index (χ1v) is 11.9. The molecule has 0 saturated heterocycles. The fourth-order valence-electron chi connectivity index (χ4n) is 2.91. The molecule has 6 nitrogen and oxygen atoms in total. The summed E-state index contributed by atoms with van der Waals surface area (Å²) in [6.07, 6.45) is 0.174. The van der Waals surface area contributed by atoms with E-state index in [1.807, 2.05) is 6.92 Å². The van der Waals surface area contributed by atoms with Gasteiger partial charge in [0, 0.05) is 34.2 Å². The average Bonchev–Trinajstić information content (AvgIpc) is 2.84. The number of halogens is 1. The van der Waals surface area contributed by atoms with Crippen molar-refractivity contribution in [2.45, 2.75) is 41.7 Å². The van der Waals surface area contributed by atoms with Crippen LogP contribution in [0.15, 0.2) is 46.2 Å². The number of rotatable bonds is 5. The zero-order valence-electron chi connectivity index (χ0n) is 16.0. The minimum Gasteiger partial charge on any atom is -0.326 e. The molecule has 2 N–H and O–H groups in total. The number of carbonyl (C=O) groups is 2. The van der Waals surface area contributed by atoms with Crippen LogP contribution < -0.4 is 10.6 Å². The van der Waals surface area contributed by atoms with Crippen LogP contribution in [0.2, 0.25) is 5.02 Å². The molecule has 9 heteroatoms.